The molecule has 0 aliphatic heterocycles. The molecule has 0 saturated heterocycles. The molecule has 0 aromatic heterocycles. The molecule has 0 aromatic rings. The third-order valence-corrected chi connectivity index (χ3v) is 5.41. The van der Waals surface area contributed by atoms with Crippen molar-refractivity contribution in [3.8, 4) is 0 Å². The fourth-order valence-electron chi connectivity index (χ4n) is 4.20. The Bertz CT molecular complexity index is 250. The Kier molecular flexibility index (Phi) is 6.15. The summed E-state index contributed by atoms with van der Waals surface area (Å²) >= 11 is 0. The topological polar surface area (TPSA) is 32.3 Å². The molecule has 2 heteroatoms. The summed E-state index contributed by atoms with van der Waals surface area (Å²) < 4.78 is 0. The molecule has 0 bridgehead atoms. The molecule has 0 amide bonds. The van der Waals surface area contributed by atoms with Crippen LogP contribution in [-0.2, 0) is 0 Å². The molecule has 2 unspecified atom stereocenters. The SMILES string of the molecule is CCCC1CCCC(CO)(NC2CCCCC2)CC1. The van der Waals surface area contributed by atoms with Crippen LogP contribution in [0.1, 0.15) is 84.0 Å². The number of aliphatic hydroxyl groups is 1. The summed E-state index contributed by atoms with van der Waals surface area (Å²) in [5.41, 5.74) is 0.0461. The van der Waals surface area contributed by atoms with Gasteiger partial charge in [-0.15, -0.1) is 0 Å². The summed E-state index contributed by atoms with van der Waals surface area (Å²) in [6.45, 7) is 2.63. The predicted molar refractivity (Wildman–Crippen MR) is 81.3 cm³/mol. The van der Waals surface area contributed by atoms with Crippen molar-refractivity contribution in [2.75, 3.05) is 6.61 Å². The van der Waals surface area contributed by atoms with Crippen molar-refractivity contribution >= 4 is 0 Å². The quantitative estimate of drug-likeness (QED) is 0.737. The number of nitrogens with one attached hydrogen (secondary N) is 1. The van der Waals surface area contributed by atoms with Gasteiger partial charge in [-0.05, 0) is 38.0 Å². The average molecular weight is 267 g/mol. The minimum absolute atomic E-state index is 0.0461. The van der Waals surface area contributed by atoms with Crippen LogP contribution in [0.15, 0.2) is 0 Å². The molecule has 2 rings (SSSR count). The molecule has 19 heavy (non-hydrogen) atoms. The molecule has 2 saturated carbocycles. The van der Waals surface area contributed by atoms with E-state index in [-0.39, 0.29) is 5.54 Å². The van der Waals surface area contributed by atoms with Crippen molar-refractivity contribution in [2.45, 2.75) is 95.6 Å². The van der Waals surface area contributed by atoms with Gasteiger partial charge in [0.1, 0.15) is 0 Å². The maximum absolute atomic E-state index is 9.95. The molecule has 2 nitrogen and oxygen atoms in total. The van der Waals surface area contributed by atoms with Crippen LogP contribution in [0, 0.1) is 5.92 Å². The van der Waals surface area contributed by atoms with E-state index < -0.39 is 0 Å². The lowest BCUT2D eigenvalue weighted by Gasteiger charge is -2.38. The van der Waals surface area contributed by atoms with Crippen molar-refractivity contribution in [3.05, 3.63) is 0 Å². The Morgan fingerprint density at radius 2 is 1.79 bits per heavy atom. The second-order valence-electron chi connectivity index (χ2n) is 7.00. The van der Waals surface area contributed by atoms with Gasteiger partial charge in [0.25, 0.3) is 0 Å². The van der Waals surface area contributed by atoms with E-state index >= 15 is 0 Å². The van der Waals surface area contributed by atoms with E-state index in [9.17, 15) is 5.11 Å². The molecule has 0 heterocycles. The lowest BCUT2D eigenvalue weighted by atomic mass is 9.86. The summed E-state index contributed by atoms with van der Waals surface area (Å²) in [5, 5.41) is 13.8. The molecule has 2 aliphatic carbocycles. The van der Waals surface area contributed by atoms with E-state index in [1.807, 2.05) is 0 Å². The van der Waals surface area contributed by atoms with E-state index in [2.05, 4.69) is 12.2 Å². The fourth-order valence-corrected chi connectivity index (χ4v) is 4.20. The minimum atomic E-state index is 0.0461. The molecule has 2 N–H and O–H groups in total. The van der Waals surface area contributed by atoms with Crippen LogP contribution in [0.5, 0.6) is 0 Å². The van der Waals surface area contributed by atoms with E-state index in [1.54, 1.807) is 0 Å². The van der Waals surface area contributed by atoms with Gasteiger partial charge < -0.3 is 10.4 Å². The van der Waals surface area contributed by atoms with Gasteiger partial charge in [0.15, 0.2) is 0 Å². The van der Waals surface area contributed by atoms with Crippen LogP contribution >= 0.6 is 0 Å². The third kappa shape index (κ3) is 4.46. The monoisotopic (exact) mass is 267 g/mol. The first-order chi connectivity index (χ1) is 9.28. The zero-order chi connectivity index (χ0) is 13.6. The number of hydrogen-bond acceptors (Lipinski definition) is 2. The highest BCUT2D eigenvalue weighted by Crippen LogP contribution is 2.34. The van der Waals surface area contributed by atoms with Gasteiger partial charge in [-0.3, -0.25) is 0 Å². The number of rotatable bonds is 5. The number of aliphatic hydroxyl groups excluding tert-OH is 1. The summed E-state index contributed by atoms with van der Waals surface area (Å²) in [7, 11) is 0. The standard InChI is InChI=1S/C17H33NO/c1-2-7-15-8-6-12-17(14-19,13-11-15)18-16-9-4-3-5-10-16/h15-16,18-19H,2-14H2,1H3. The first-order valence-electron chi connectivity index (χ1n) is 8.66. The van der Waals surface area contributed by atoms with Gasteiger partial charge in [-0.2, -0.15) is 0 Å². The van der Waals surface area contributed by atoms with Gasteiger partial charge in [-0.25, -0.2) is 0 Å². The highest BCUT2D eigenvalue weighted by molar-refractivity contribution is 4.93. The van der Waals surface area contributed by atoms with Gasteiger partial charge in [0.05, 0.1) is 6.61 Å². The molecular formula is C17H33NO. The van der Waals surface area contributed by atoms with E-state index in [0.717, 1.165) is 5.92 Å². The Morgan fingerprint density at radius 1 is 1.00 bits per heavy atom. The zero-order valence-corrected chi connectivity index (χ0v) is 12.8. The Balaban J connectivity index is 1.89. The first kappa shape index (κ1) is 15.3. The summed E-state index contributed by atoms with van der Waals surface area (Å²) in [4.78, 5) is 0. The molecular weight excluding hydrogens is 234 g/mol. The molecule has 2 fully saturated rings. The van der Waals surface area contributed by atoms with E-state index in [1.165, 1.54) is 77.0 Å². The van der Waals surface area contributed by atoms with Crippen molar-refractivity contribution in [2.24, 2.45) is 5.92 Å². The van der Waals surface area contributed by atoms with Gasteiger partial charge in [0, 0.05) is 11.6 Å². The lowest BCUT2D eigenvalue weighted by Crippen LogP contribution is -2.53. The minimum Gasteiger partial charge on any atom is -0.394 e. The number of hydrogen-bond donors (Lipinski definition) is 2. The van der Waals surface area contributed by atoms with Crippen LogP contribution in [0.2, 0.25) is 0 Å². The molecule has 112 valence electrons. The van der Waals surface area contributed by atoms with Crippen molar-refractivity contribution in [1.82, 2.24) is 5.32 Å². The highest BCUT2D eigenvalue weighted by Gasteiger charge is 2.34. The van der Waals surface area contributed by atoms with Crippen molar-refractivity contribution < 1.29 is 5.11 Å². The normalized spacial score (nSPS) is 34.1. The molecule has 2 atom stereocenters. The van der Waals surface area contributed by atoms with Crippen LogP contribution in [0.25, 0.3) is 0 Å². The zero-order valence-electron chi connectivity index (χ0n) is 12.8. The maximum atomic E-state index is 9.95. The largest absolute Gasteiger partial charge is 0.394 e. The molecule has 0 aromatic carbocycles. The Morgan fingerprint density at radius 3 is 2.47 bits per heavy atom. The van der Waals surface area contributed by atoms with Gasteiger partial charge in [0.2, 0.25) is 0 Å². The van der Waals surface area contributed by atoms with Gasteiger partial charge >= 0.3 is 0 Å². The van der Waals surface area contributed by atoms with Gasteiger partial charge in [-0.1, -0.05) is 51.9 Å². The Labute approximate surface area is 119 Å². The fraction of sp³-hybridized carbons (Fsp3) is 1.00. The summed E-state index contributed by atoms with van der Waals surface area (Å²) in [5.74, 6) is 0.909. The molecule has 0 spiro atoms. The van der Waals surface area contributed by atoms with Crippen LogP contribution in [0.3, 0.4) is 0 Å². The summed E-state index contributed by atoms with van der Waals surface area (Å²) in [6.07, 6.45) is 15.8. The summed E-state index contributed by atoms with van der Waals surface area (Å²) in [6, 6.07) is 0.670. The van der Waals surface area contributed by atoms with Crippen LogP contribution in [0.4, 0.5) is 0 Å². The second-order valence-corrected chi connectivity index (χ2v) is 7.00. The molecule has 2 aliphatic rings. The third-order valence-electron chi connectivity index (χ3n) is 5.41. The van der Waals surface area contributed by atoms with E-state index in [4.69, 9.17) is 0 Å². The molecule has 0 radical (unpaired) electrons. The lowest BCUT2D eigenvalue weighted by molar-refractivity contribution is 0.121. The first-order valence-corrected chi connectivity index (χ1v) is 8.66. The van der Waals surface area contributed by atoms with Crippen LogP contribution < -0.4 is 5.32 Å². The maximum Gasteiger partial charge on any atom is 0.0613 e. The smallest absolute Gasteiger partial charge is 0.0613 e. The second kappa shape index (κ2) is 7.64. The predicted octanol–water partition coefficient (Wildman–Crippen LogP) is 4.02. The average Bonchev–Trinajstić information content (AvgIpc) is 2.64. The van der Waals surface area contributed by atoms with E-state index in [0.29, 0.717) is 12.6 Å². The van der Waals surface area contributed by atoms with Crippen molar-refractivity contribution in [1.29, 1.82) is 0 Å². The van der Waals surface area contributed by atoms with Crippen molar-refractivity contribution in [3.63, 3.8) is 0 Å². The Hall–Kier alpha value is -0.0800. The highest BCUT2D eigenvalue weighted by atomic mass is 16.3. The van der Waals surface area contributed by atoms with Crippen LogP contribution in [-0.4, -0.2) is 23.3 Å².